The van der Waals surface area contributed by atoms with Gasteiger partial charge in [-0.05, 0) is 49.6 Å². The summed E-state index contributed by atoms with van der Waals surface area (Å²) in [6.07, 6.45) is 2.28. The van der Waals surface area contributed by atoms with E-state index in [1.165, 1.54) is 0 Å². The number of nitrogens with zero attached hydrogens (tertiary/aromatic N) is 3. The molecule has 1 unspecified atom stereocenters. The number of carbonyl (C=O) groups is 2. The van der Waals surface area contributed by atoms with E-state index in [-0.39, 0.29) is 24.2 Å². The molecule has 0 spiro atoms. The van der Waals surface area contributed by atoms with Crippen molar-refractivity contribution in [1.29, 1.82) is 0 Å². The van der Waals surface area contributed by atoms with Gasteiger partial charge in [-0.15, -0.1) is 10.2 Å². The molecule has 1 aromatic carbocycles. The number of benzene rings is 1. The minimum atomic E-state index is -0.665. The first-order valence-corrected chi connectivity index (χ1v) is 9.63. The Hall–Kier alpha value is -2.48. The molecule has 7 nitrogen and oxygen atoms in total. The third kappa shape index (κ3) is 5.26. The maximum atomic E-state index is 12.1. The SMILES string of the molecule is CC(NC(=O)COC(=O)c1ccc(N2CCCC2)nn1)c1ccc(Br)cc1. The van der Waals surface area contributed by atoms with E-state index in [0.717, 1.165) is 41.8 Å². The number of carbonyl (C=O) groups excluding carboxylic acids is 2. The van der Waals surface area contributed by atoms with Crippen molar-refractivity contribution in [3.63, 3.8) is 0 Å². The summed E-state index contributed by atoms with van der Waals surface area (Å²) in [4.78, 5) is 26.2. The van der Waals surface area contributed by atoms with Crippen LogP contribution in [-0.4, -0.2) is 41.8 Å². The van der Waals surface area contributed by atoms with Crippen molar-refractivity contribution in [1.82, 2.24) is 15.5 Å². The second-order valence-electron chi connectivity index (χ2n) is 6.39. The largest absolute Gasteiger partial charge is 0.451 e. The van der Waals surface area contributed by atoms with Gasteiger partial charge in [0.2, 0.25) is 0 Å². The van der Waals surface area contributed by atoms with Gasteiger partial charge in [0.05, 0.1) is 6.04 Å². The number of hydrogen-bond donors (Lipinski definition) is 1. The summed E-state index contributed by atoms with van der Waals surface area (Å²) in [6, 6.07) is 10.8. The Morgan fingerprint density at radius 1 is 1.15 bits per heavy atom. The molecule has 0 aliphatic carbocycles. The zero-order chi connectivity index (χ0) is 19.2. The average Bonchev–Trinajstić information content (AvgIpc) is 3.21. The predicted molar refractivity (Wildman–Crippen MR) is 104 cm³/mol. The molecule has 27 heavy (non-hydrogen) atoms. The van der Waals surface area contributed by atoms with Crippen LogP contribution in [0.3, 0.4) is 0 Å². The van der Waals surface area contributed by atoms with Crippen LogP contribution >= 0.6 is 15.9 Å². The normalized spacial score (nSPS) is 14.7. The van der Waals surface area contributed by atoms with E-state index >= 15 is 0 Å². The molecule has 1 amide bonds. The molecule has 2 heterocycles. The Bertz CT molecular complexity index is 790. The molecule has 1 aromatic heterocycles. The molecule has 1 atom stereocenters. The highest BCUT2D eigenvalue weighted by Gasteiger charge is 2.17. The lowest BCUT2D eigenvalue weighted by Gasteiger charge is -2.15. The average molecular weight is 433 g/mol. The van der Waals surface area contributed by atoms with Crippen molar-refractivity contribution in [3.05, 3.63) is 52.1 Å². The first-order valence-electron chi connectivity index (χ1n) is 8.83. The minimum Gasteiger partial charge on any atom is -0.451 e. The van der Waals surface area contributed by atoms with Crippen LogP contribution in [0.4, 0.5) is 5.82 Å². The maximum absolute atomic E-state index is 12.1. The Morgan fingerprint density at radius 2 is 1.85 bits per heavy atom. The standard InChI is InChI=1S/C19H21BrN4O3/c1-13(14-4-6-15(20)7-5-14)21-18(25)12-27-19(26)16-8-9-17(23-22-16)24-10-2-3-11-24/h4-9,13H,2-3,10-12H2,1H3,(H,21,25). The molecular formula is C19H21BrN4O3. The lowest BCUT2D eigenvalue weighted by atomic mass is 10.1. The minimum absolute atomic E-state index is 0.0895. The summed E-state index contributed by atoms with van der Waals surface area (Å²) in [5.74, 6) is -0.285. The molecule has 2 aromatic rings. The topological polar surface area (TPSA) is 84.4 Å². The van der Waals surface area contributed by atoms with Crippen LogP contribution in [-0.2, 0) is 9.53 Å². The fraction of sp³-hybridized carbons (Fsp3) is 0.368. The van der Waals surface area contributed by atoms with Gasteiger partial charge >= 0.3 is 5.97 Å². The number of nitrogens with one attached hydrogen (secondary N) is 1. The van der Waals surface area contributed by atoms with Gasteiger partial charge in [-0.2, -0.15) is 0 Å². The molecule has 0 bridgehead atoms. The summed E-state index contributed by atoms with van der Waals surface area (Å²) in [5, 5.41) is 10.8. The zero-order valence-electron chi connectivity index (χ0n) is 15.0. The van der Waals surface area contributed by atoms with E-state index in [1.807, 2.05) is 31.2 Å². The summed E-state index contributed by atoms with van der Waals surface area (Å²) in [6.45, 7) is 3.41. The molecule has 1 fully saturated rings. The van der Waals surface area contributed by atoms with E-state index < -0.39 is 5.97 Å². The van der Waals surface area contributed by atoms with Crippen LogP contribution in [0.25, 0.3) is 0 Å². The van der Waals surface area contributed by atoms with E-state index in [1.54, 1.807) is 12.1 Å². The molecule has 142 valence electrons. The van der Waals surface area contributed by atoms with Crippen molar-refractivity contribution in [2.75, 3.05) is 24.6 Å². The second kappa shape index (κ2) is 8.94. The smallest absolute Gasteiger partial charge is 0.359 e. The van der Waals surface area contributed by atoms with Gasteiger partial charge in [0.15, 0.2) is 18.1 Å². The molecule has 8 heteroatoms. The number of aromatic nitrogens is 2. The number of esters is 1. The van der Waals surface area contributed by atoms with Gasteiger partial charge in [0.25, 0.3) is 5.91 Å². The first kappa shape index (κ1) is 19.3. The van der Waals surface area contributed by atoms with E-state index in [9.17, 15) is 9.59 Å². The predicted octanol–water partition coefficient (Wildman–Crippen LogP) is 2.87. The van der Waals surface area contributed by atoms with Crippen LogP contribution in [0.1, 0.15) is 41.9 Å². The molecule has 3 rings (SSSR count). The first-order chi connectivity index (χ1) is 13.0. The van der Waals surface area contributed by atoms with Crippen LogP contribution in [0.15, 0.2) is 40.9 Å². The molecule has 0 radical (unpaired) electrons. The molecular weight excluding hydrogens is 412 g/mol. The quantitative estimate of drug-likeness (QED) is 0.706. The molecule has 1 N–H and O–H groups in total. The highest BCUT2D eigenvalue weighted by atomic mass is 79.9. The van der Waals surface area contributed by atoms with Gasteiger partial charge in [-0.25, -0.2) is 4.79 Å². The van der Waals surface area contributed by atoms with Crippen LogP contribution in [0.5, 0.6) is 0 Å². The summed E-state index contributed by atoms with van der Waals surface area (Å²) in [7, 11) is 0. The Kier molecular flexibility index (Phi) is 6.39. The number of amides is 1. The van der Waals surface area contributed by atoms with Crippen molar-refractivity contribution < 1.29 is 14.3 Å². The van der Waals surface area contributed by atoms with E-state index in [4.69, 9.17) is 4.74 Å². The molecule has 0 saturated carbocycles. The monoisotopic (exact) mass is 432 g/mol. The number of ether oxygens (including phenoxy) is 1. The maximum Gasteiger partial charge on any atom is 0.359 e. The summed E-state index contributed by atoms with van der Waals surface area (Å²) >= 11 is 3.37. The van der Waals surface area contributed by atoms with Crippen molar-refractivity contribution in [2.45, 2.75) is 25.8 Å². The number of rotatable bonds is 6. The van der Waals surface area contributed by atoms with Crippen LogP contribution in [0.2, 0.25) is 0 Å². The van der Waals surface area contributed by atoms with Crippen LogP contribution in [0, 0.1) is 0 Å². The Morgan fingerprint density at radius 3 is 2.48 bits per heavy atom. The van der Waals surface area contributed by atoms with E-state index in [0.29, 0.717) is 0 Å². The molecule has 1 aliphatic heterocycles. The van der Waals surface area contributed by atoms with Gasteiger partial charge in [0, 0.05) is 17.6 Å². The van der Waals surface area contributed by atoms with E-state index in [2.05, 4.69) is 36.3 Å². The van der Waals surface area contributed by atoms with Gasteiger partial charge in [-0.1, -0.05) is 28.1 Å². The molecule has 1 aliphatic rings. The number of anilines is 1. The van der Waals surface area contributed by atoms with Crippen LogP contribution < -0.4 is 10.2 Å². The van der Waals surface area contributed by atoms with Crippen molar-refractivity contribution in [3.8, 4) is 0 Å². The third-order valence-corrected chi connectivity index (χ3v) is 4.90. The Labute approximate surface area is 166 Å². The zero-order valence-corrected chi connectivity index (χ0v) is 16.6. The summed E-state index contributed by atoms with van der Waals surface area (Å²) in [5.41, 5.74) is 1.05. The lowest BCUT2D eigenvalue weighted by molar-refractivity contribution is -0.124. The van der Waals surface area contributed by atoms with Gasteiger partial charge in [0.1, 0.15) is 0 Å². The molecule has 1 saturated heterocycles. The van der Waals surface area contributed by atoms with Gasteiger partial charge < -0.3 is 15.0 Å². The Balaban J connectivity index is 1.47. The summed E-state index contributed by atoms with van der Waals surface area (Å²) < 4.78 is 6.00. The highest BCUT2D eigenvalue weighted by molar-refractivity contribution is 9.10. The number of halogens is 1. The lowest BCUT2D eigenvalue weighted by Crippen LogP contribution is -2.31. The third-order valence-electron chi connectivity index (χ3n) is 4.37. The fourth-order valence-electron chi connectivity index (χ4n) is 2.87. The van der Waals surface area contributed by atoms with Crippen molar-refractivity contribution in [2.24, 2.45) is 0 Å². The highest BCUT2D eigenvalue weighted by Crippen LogP contribution is 2.17. The number of hydrogen-bond acceptors (Lipinski definition) is 6. The second-order valence-corrected chi connectivity index (χ2v) is 7.30. The van der Waals surface area contributed by atoms with Gasteiger partial charge in [-0.3, -0.25) is 4.79 Å². The fourth-order valence-corrected chi connectivity index (χ4v) is 3.14. The van der Waals surface area contributed by atoms with Crippen molar-refractivity contribution >= 4 is 33.6 Å².